The summed E-state index contributed by atoms with van der Waals surface area (Å²) in [6, 6.07) is 13.0. The lowest BCUT2D eigenvalue weighted by atomic mass is 10.0. The molecule has 1 aliphatic rings. The third-order valence-corrected chi connectivity index (χ3v) is 4.91. The van der Waals surface area contributed by atoms with Gasteiger partial charge in [-0.3, -0.25) is 9.88 Å². The van der Waals surface area contributed by atoms with Crippen LogP contribution in [-0.4, -0.2) is 26.0 Å². The summed E-state index contributed by atoms with van der Waals surface area (Å²) >= 11 is 0. The normalized spacial score (nSPS) is 22.0. The van der Waals surface area contributed by atoms with Crippen LogP contribution in [0.5, 0.6) is 0 Å². The van der Waals surface area contributed by atoms with Crippen LogP contribution in [0.3, 0.4) is 0 Å². The lowest BCUT2D eigenvalue weighted by Crippen LogP contribution is -2.25. The fourth-order valence-electron chi connectivity index (χ4n) is 3.75. The number of hydrogen-bond acceptors (Lipinski definition) is 3. The Bertz CT molecular complexity index is 809. The van der Waals surface area contributed by atoms with Gasteiger partial charge in [-0.2, -0.15) is 0 Å². The minimum Gasteiger partial charge on any atom is -0.330 e. The van der Waals surface area contributed by atoms with Crippen molar-refractivity contribution < 1.29 is 0 Å². The molecule has 1 aromatic carbocycles. The lowest BCUT2D eigenvalue weighted by Gasteiger charge is -2.24. The average molecular weight is 306 g/mol. The first-order valence-electron chi connectivity index (χ1n) is 8.26. The summed E-state index contributed by atoms with van der Waals surface area (Å²) in [5.74, 6) is 1.84. The van der Waals surface area contributed by atoms with E-state index in [4.69, 9.17) is 4.98 Å². The highest BCUT2D eigenvalue weighted by Gasteiger charge is 2.31. The number of fused-ring (bicyclic) bond motifs is 1. The zero-order valence-electron chi connectivity index (χ0n) is 13.7. The fourth-order valence-corrected chi connectivity index (χ4v) is 3.75. The van der Waals surface area contributed by atoms with E-state index in [2.05, 4.69) is 58.8 Å². The molecule has 0 radical (unpaired) electrons. The Balaban J connectivity index is 1.64. The Morgan fingerprint density at radius 1 is 1.17 bits per heavy atom. The summed E-state index contributed by atoms with van der Waals surface area (Å²) < 4.78 is 2.22. The molecule has 4 heteroatoms. The molecule has 1 aliphatic heterocycles. The second-order valence-corrected chi connectivity index (χ2v) is 6.65. The highest BCUT2D eigenvalue weighted by molar-refractivity contribution is 5.75. The van der Waals surface area contributed by atoms with Gasteiger partial charge in [0.2, 0.25) is 0 Å². The van der Waals surface area contributed by atoms with E-state index in [1.807, 2.05) is 18.5 Å². The van der Waals surface area contributed by atoms with Crippen molar-refractivity contribution in [3.8, 4) is 0 Å². The maximum atomic E-state index is 4.83. The number of hydrogen-bond donors (Lipinski definition) is 0. The Morgan fingerprint density at radius 2 is 2.04 bits per heavy atom. The topological polar surface area (TPSA) is 34.0 Å². The van der Waals surface area contributed by atoms with Crippen LogP contribution in [0.2, 0.25) is 0 Å². The van der Waals surface area contributed by atoms with Crippen LogP contribution in [0, 0.1) is 5.92 Å². The van der Waals surface area contributed by atoms with Crippen LogP contribution in [0.4, 0.5) is 0 Å². The number of para-hydroxylation sites is 2. The van der Waals surface area contributed by atoms with Gasteiger partial charge in [-0.05, 0) is 36.1 Å². The largest absolute Gasteiger partial charge is 0.330 e. The van der Waals surface area contributed by atoms with Crippen LogP contribution in [-0.2, 0) is 13.6 Å². The standard InChI is InChI=1S/C19H22N4/c1-14-10-18(15-6-5-9-20-11-15)23(12-14)13-19-21-16-7-3-4-8-17(16)22(19)2/h3-9,11,14,18H,10,12-13H2,1-2H3/t14-,18+/m1/s1. The molecule has 3 aromatic rings. The number of nitrogens with zero attached hydrogens (tertiary/aromatic N) is 4. The zero-order chi connectivity index (χ0) is 15.8. The SMILES string of the molecule is C[C@@H]1C[C@@H](c2cccnc2)N(Cc2nc3ccccc3n2C)C1. The average Bonchev–Trinajstić information content (AvgIpc) is 3.10. The van der Waals surface area contributed by atoms with E-state index in [0.717, 1.165) is 24.4 Å². The fraction of sp³-hybridized carbons (Fsp3) is 0.368. The third kappa shape index (κ3) is 2.63. The van der Waals surface area contributed by atoms with Crippen molar-refractivity contribution in [2.24, 2.45) is 13.0 Å². The number of benzene rings is 1. The number of pyridine rings is 1. The molecule has 1 saturated heterocycles. The first kappa shape index (κ1) is 14.4. The summed E-state index contributed by atoms with van der Waals surface area (Å²) in [5.41, 5.74) is 3.60. The van der Waals surface area contributed by atoms with E-state index in [9.17, 15) is 0 Å². The van der Waals surface area contributed by atoms with Gasteiger partial charge in [-0.15, -0.1) is 0 Å². The van der Waals surface area contributed by atoms with Gasteiger partial charge < -0.3 is 4.57 Å². The monoisotopic (exact) mass is 306 g/mol. The predicted octanol–water partition coefficient (Wildman–Crippen LogP) is 3.55. The Morgan fingerprint density at radius 3 is 2.83 bits per heavy atom. The number of likely N-dealkylation sites (tertiary alicyclic amines) is 1. The quantitative estimate of drug-likeness (QED) is 0.742. The van der Waals surface area contributed by atoms with Crippen molar-refractivity contribution in [3.63, 3.8) is 0 Å². The van der Waals surface area contributed by atoms with Gasteiger partial charge in [-0.1, -0.05) is 25.1 Å². The molecule has 0 aliphatic carbocycles. The van der Waals surface area contributed by atoms with E-state index in [1.54, 1.807) is 0 Å². The van der Waals surface area contributed by atoms with E-state index in [0.29, 0.717) is 12.0 Å². The summed E-state index contributed by atoms with van der Waals surface area (Å²) in [7, 11) is 2.11. The molecular formula is C19H22N4. The van der Waals surface area contributed by atoms with Crippen molar-refractivity contribution in [3.05, 3.63) is 60.2 Å². The third-order valence-electron chi connectivity index (χ3n) is 4.91. The van der Waals surface area contributed by atoms with E-state index in [-0.39, 0.29) is 0 Å². The van der Waals surface area contributed by atoms with Crippen molar-refractivity contribution in [2.45, 2.75) is 25.9 Å². The van der Waals surface area contributed by atoms with Crippen LogP contribution in [0.25, 0.3) is 11.0 Å². The Labute approximate surface area is 136 Å². The molecule has 118 valence electrons. The van der Waals surface area contributed by atoms with Crippen LogP contribution < -0.4 is 0 Å². The highest BCUT2D eigenvalue weighted by atomic mass is 15.2. The maximum Gasteiger partial charge on any atom is 0.123 e. The second kappa shape index (κ2) is 5.78. The summed E-state index contributed by atoms with van der Waals surface area (Å²) in [6.07, 6.45) is 5.04. The van der Waals surface area contributed by atoms with Crippen molar-refractivity contribution in [2.75, 3.05) is 6.54 Å². The molecule has 2 aromatic heterocycles. The van der Waals surface area contributed by atoms with Gasteiger partial charge in [0.1, 0.15) is 5.82 Å². The van der Waals surface area contributed by atoms with Crippen molar-refractivity contribution in [1.29, 1.82) is 0 Å². The molecule has 4 nitrogen and oxygen atoms in total. The molecule has 4 rings (SSSR count). The second-order valence-electron chi connectivity index (χ2n) is 6.65. The molecule has 0 N–H and O–H groups in total. The molecule has 0 saturated carbocycles. The van der Waals surface area contributed by atoms with Gasteiger partial charge >= 0.3 is 0 Å². The zero-order valence-corrected chi connectivity index (χ0v) is 13.7. The first-order chi connectivity index (χ1) is 11.2. The summed E-state index contributed by atoms with van der Waals surface area (Å²) in [5, 5.41) is 0. The molecule has 1 fully saturated rings. The molecular weight excluding hydrogens is 284 g/mol. The smallest absolute Gasteiger partial charge is 0.123 e. The molecule has 0 spiro atoms. The molecule has 0 bridgehead atoms. The van der Waals surface area contributed by atoms with Crippen LogP contribution >= 0.6 is 0 Å². The molecule has 23 heavy (non-hydrogen) atoms. The van der Waals surface area contributed by atoms with Gasteiger partial charge in [0.05, 0.1) is 17.6 Å². The maximum absolute atomic E-state index is 4.83. The summed E-state index contributed by atoms with van der Waals surface area (Å²) in [6.45, 7) is 4.33. The van der Waals surface area contributed by atoms with Gasteiger partial charge in [-0.25, -0.2) is 4.98 Å². The number of aryl methyl sites for hydroxylation is 1. The van der Waals surface area contributed by atoms with E-state index < -0.39 is 0 Å². The van der Waals surface area contributed by atoms with Crippen molar-refractivity contribution >= 4 is 11.0 Å². The van der Waals surface area contributed by atoms with Crippen LogP contribution in [0.1, 0.15) is 30.8 Å². The Kier molecular flexibility index (Phi) is 3.62. The minimum atomic E-state index is 0.443. The van der Waals surface area contributed by atoms with E-state index in [1.165, 1.54) is 17.5 Å². The highest BCUT2D eigenvalue weighted by Crippen LogP contribution is 2.36. The lowest BCUT2D eigenvalue weighted by molar-refractivity contribution is 0.237. The predicted molar refractivity (Wildman–Crippen MR) is 91.9 cm³/mol. The molecule has 0 unspecified atom stereocenters. The number of rotatable bonds is 3. The first-order valence-corrected chi connectivity index (χ1v) is 8.26. The molecule has 2 atom stereocenters. The van der Waals surface area contributed by atoms with Gasteiger partial charge in [0.15, 0.2) is 0 Å². The van der Waals surface area contributed by atoms with Gasteiger partial charge in [0, 0.05) is 32.0 Å². The summed E-state index contributed by atoms with van der Waals surface area (Å²) in [4.78, 5) is 11.7. The Hall–Kier alpha value is -2.20. The number of aromatic nitrogens is 3. The van der Waals surface area contributed by atoms with Crippen molar-refractivity contribution in [1.82, 2.24) is 19.4 Å². The number of imidazole rings is 1. The molecule has 3 heterocycles. The van der Waals surface area contributed by atoms with Gasteiger partial charge in [0.25, 0.3) is 0 Å². The van der Waals surface area contributed by atoms with Crippen LogP contribution in [0.15, 0.2) is 48.8 Å². The molecule has 0 amide bonds. The van der Waals surface area contributed by atoms with E-state index >= 15 is 0 Å². The minimum absolute atomic E-state index is 0.443.